The molecule has 0 aromatic heterocycles. The van der Waals surface area contributed by atoms with Crippen LogP contribution in [-0.4, -0.2) is 56.3 Å². The van der Waals surface area contributed by atoms with Crippen molar-refractivity contribution < 1.29 is 8.42 Å². The smallest absolute Gasteiger partial charge is 0.212 e. The fraction of sp³-hybridized carbons (Fsp3) is 1.00. The van der Waals surface area contributed by atoms with E-state index in [1.807, 2.05) is 0 Å². The third kappa shape index (κ3) is 3.62. The van der Waals surface area contributed by atoms with E-state index in [1.165, 1.54) is 12.8 Å². The molecule has 1 N–H and O–H groups in total. The van der Waals surface area contributed by atoms with Crippen molar-refractivity contribution in [2.24, 2.45) is 0 Å². The molecule has 2 saturated heterocycles. The van der Waals surface area contributed by atoms with E-state index >= 15 is 0 Å². The van der Waals surface area contributed by atoms with E-state index in [4.69, 9.17) is 0 Å². The molecule has 2 fully saturated rings. The van der Waals surface area contributed by atoms with Gasteiger partial charge in [0.2, 0.25) is 10.0 Å². The lowest BCUT2D eigenvalue weighted by Gasteiger charge is -2.22. The van der Waals surface area contributed by atoms with Crippen LogP contribution >= 0.6 is 11.8 Å². The van der Waals surface area contributed by atoms with Gasteiger partial charge in [0, 0.05) is 24.1 Å². The van der Waals surface area contributed by atoms with Crippen LogP contribution in [0, 0.1) is 0 Å². The molecule has 2 rings (SSSR count). The number of nitrogens with one attached hydrogen (secondary N) is 1. The number of rotatable bonds is 2. The van der Waals surface area contributed by atoms with E-state index < -0.39 is 10.0 Å². The van der Waals surface area contributed by atoms with E-state index in [2.05, 4.69) is 9.62 Å². The molecule has 1 atom stereocenters. The van der Waals surface area contributed by atoms with E-state index in [1.54, 1.807) is 11.8 Å². The van der Waals surface area contributed by atoms with Crippen LogP contribution in [0.3, 0.4) is 0 Å². The SMILES string of the molecule is O=S1(=O)CCSCC(CN2CCCC2)N1. The first kappa shape index (κ1) is 11.7. The van der Waals surface area contributed by atoms with Crippen LogP contribution in [0.1, 0.15) is 12.8 Å². The summed E-state index contributed by atoms with van der Waals surface area (Å²) in [5.74, 6) is 1.91. The van der Waals surface area contributed by atoms with Crippen LogP contribution in [0.2, 0.25) is 0 Å². The maximum Gasteiger partial charge on any atom is 0.212 e. The molecule has 0 amide bonds. The van der Waals surface area contributed by atoms with Gasteiger partial charge in [0.15, 0.2) is 0 Å². The highest BCUT2D eigenvalue weighted by Crippen LogP contribution is 2.14. The van der Waals surface area contributed by atoms with Crippen LogP contribution in [0.15, 0.2) is 0 Å². The lowest BCUT2D eigenvalue weighted by molar-refractivity contribution is 0.315. The molecule has 1 unspecified atom stereocenters. The molecule has 0 spiro atoms. The Morgan fingerprint density at radius 2 is 2.07 bits per heavy atom. The number of sulfonamides is 1. The monoisotopic (exact) mass is 250 g/mol. The Balaban J connectivity index is 1.89. The molecule has 0 bridgehead atoms. The molecule has 2 aliphatic rings. The average molecular weight is 250 g/mol. The van der Waals surface area contributed by atoms with Gasteiger partial charge in [-0.1, -0.05) is 0 Å². The van der Waals surface area contributed by atoms with Gasteiger partial charge in [-0.15, -0.1) is 0 Å². The fourth-order valence-corrected chi connectivity index (χ4v) is 4.99. The van der Waals surface area contributed by atoms with Crippen molar-refractivity contribution in [2.45, 2.75) is 18.9 Å². The summed E-state index contributed by atoms with van der Waals surface area (Å²) in [6, 6.07) is 0.112. The van der Waals surface area contributed by atoms with Crippen molar-refractivity contribution >= 4 is 21.8 Å². The topological polar surface area (TPSA) is 49.4 Å². The van der Waals surface area contributed by atoms with E-state index in [-0.39, 0.29) is 11.8 Å². The number of hydrogen-bond acceptors (Lipinski definition) is 4. The first-order valence-electron chi connectivity index (χ1n) is 5.46. The molecule has 0 radical (unpaired) electrons. The summed E-state index contributed by atoms with van der Waals surface area (Å²) >= 11 is 1.74. The van der Waals surface area contributed by atoms with E-state index in [0.717, 1.165) is 31.1 Å². The van der Waals surface area contributed by atoms with Gasteiger partial charge in [-0.05, 0) is 25.9 Å². The van der Waals surface area contributed by atoms with Gasteiger partial charge in [0.25, 0.3) is 0 Å². The molecule has 88 valence electrons. The maximum absolute atomic E-state index is 11.5. The van der Waals surface area contributed by atoms with Crippen LogP contribution in [-0.2, 0) is 10.0 Å². The molecule has 2 heterocycles. The zero-order valence-electron chi connectivity index (χ0n) is 8.81. The second-order valence-electron chi connectivity index (χ2n) is 4.22. The van der Waals surface area contributed by atoms with Gasteiger partial charge in [-0.2, -0.15) is 11.8 Å². The summed E-state index contributed by atoms with van der Waals surface area (Å²) in [5, 5.41) is 0. The fourth-order valence-electron chi connectivity index (χ4n) is 2.11. The van der Waals surface area contributed by atoms with E-state index in [9.17, 15) is 8.42 Å². The molecule has 2 aliphatic heterocycles. The molecular formula is C9H18N2O2S2. The van der Waals surface area contributed by atoms with Crippen molar-refractivity contribution in [3.05, 3.63) is 0 Å². The average Bonchev–Trinajstić information content (AvgIpc) is 2.58. The van der Waals surface area contributed by atoms with Gasteiger partial charge in [0.1, 0.15) is 0 Å². The highest BCUT2D eigenvalue weighted by molar-refractivity contribution is 8.00. The lowest BCUT2D eigenvalue weighted by atomic mass is 10.3. The standard InChI is InChI=1S/C9H18N2O2S2/c12-15(13)6-5-14-8-9(10-15)7-11-3-1-2-4-11/h9-10H,1-8H2. The Morgan fingerprint density at radius 1 is 1.33 bits per heavy atom. The summed E-state index contributed by atoms with van der Waals surface area (Å²) in [6.45, 7) is 3.14. The Labute approximate surface area is 95.8 Å². The maximum atomic E-state index is 11.5. The number of hydrogen-bond donors (Lipinski definition) is 1. The molecule has 0 aromatic carbocycles. The molecule has 4 nitrogen and oxygen atoms in total. The summed E-state index contributed by atoms with van der Waals surface area (Å²) in [5.41, 5.74) is 0. The lowest BCUT2D eigenvalue weighted by Crippen LogP contribution is -2.44. The molecular weight excluding hydrogens is 232 g/mol. The minimum Gasteiger partial charge on any atom is -0.302 e. The predicted octanol–water partition coefficient (Wildman–Crippen LogP) is 0.117. The van der Waals surface area contributed by atoms with Gasteiger partial charge in [-0.3, -0.25) is 0 Å². The highest BCUT2D eigenvalue weighted by Gasteiger charge is 2.24. The summed E-state index contributed by atoms with van der Waals surface area (Å²) < 4.78 is 25.8. The van der Waals surface area contributed by atoms with Crippen molar-refractivity contribution in [2.75, 3.05) is 36.9 Å². The normalized spacial score (nSPS) is 32.7. The predicted molar refractivity (Wildman–Crippen MR) is 63.7 cm³/mol. The Hall–Kier alpha value is 0.220. The van der Waals surface area contributed by atoms with Crippen molar-refractivity contribution in [1.82, 2.24) is 9.62 Å². The molecule has 6 heteroatoms. The van der Waals surface area contributed by atoms with Gasteiger partial charge >= 0.3 is 0 Å². The third-order valence-corrected chi connectivity index (χ3v) is 5.66. The van der Waals surface area contributed by atoms with Crippen molar-refractivity contribution in [3.8, 4) is 0 Å². The Morgan fingerprint density at radius 3 is 2.80 bits per heavy atom. The zero-order chi connectivity index (χ0) is 10.7. The first-order chi connectivity index (χ1) is 7.16. The minimum absolute atomic E-state index is 0.112. The first-order valence-corrected chi connectivity index (χ1v) is 8.26. The van der Waals surface area contributed by atoms with E-state index in [0.29, 0.717) is 0 Å². The van der Waals surface area contributed by atoms with Crippen molar-refractivity contribution in [3.63, 3.8) is 0 Å². The van der Waals surface area contributed by atoms with Crippen LogP contribution in [0.5, 0.6) is 0 Å². The summed E-state index contributed by atoms with van der Waals surface area (Å²) in [7, 11) is -3.01. The second kappa shape index (κ2) is 5.03. The minimum atomic E-state index is -3.01. The van der Waals surface area contributed by atoms with Gasteiger partial charge in [0.05, 0.1) is 5.75 Å². The zero-order valence-corrected chi connectivity index (χ0v) is 10.4. The quantitative estimate of drug-likeness (QED) is 0.756. The Kier molecular flexibility index (Phi) is 3.93. The Bertz CT molecular complexity index is 299. The molecule has 0 saturated carbocycles. The molecule has 0 aromatic rings. The van der Waals surface area contributed by atoms with Crippen LogP contribution < -0.4 is 4.72 Å². The number of likely N-dealkylation sites (tertiary alicyclic amines) is 1. The van der Waals surface area contributed by atoms with Crippen LogP contribution in [0.25, 0.3) is 0 Å². The summed E-state index contributed by atoms with van der Waals surface area (Å²) in [4.78, 5) is 2.36. The van der Waals surface area contributed by atoms with Gasteiger partial charge in [-0.25, -0.2) is 13.1 Å². The third-order valence-electron chi connectivity index (χ3n) is 2.84. The molecule has 15 heavy (non-hydrogen) atoms. The number of nitrogens with zero attached hydrogens (tertiary/aromatic N) is 1. The molecule has 0 aliphatic carbocycles. The van der Waals surface area contributed by atoms with Gasteiger partial charge < -0.3 is 4.90 Å². The second-order valence-corrected chi connectivity index (χ2v) is 7.24. The largest absolute Gasteiger partial charge is 0.302 e. The number of thioether (sulfide) groups is 1. The van der Waals surface area contributed by atoms with Crippen LogP contribution in [0.4, 0.5) is 0 Å². The highest BCUT2D eigenvalue weighted by atomic mass is 32.2. The van der Waals surface area contributed by atoms with Crippen molar-refractivity contribution in [1.29, 1.82) is 0 Å². The summed E-state index contributed by atoms with van der Waals surface area (Å²) in [6.07, 6.45) is 2.51.